The van der Waals surface area contributed by atoms with Crippen LogP contribution in [0.2, 0.25) is 0 Å². The first-order valence-electron chi connectivity index (χ1n) is 15.1. The van der Waals surface area contributed by atoms with E-state index in [0.717, 1.165) is 7.11 Å². The molecule has 0 aliphatic carbocycles. The number of para-hydroxylation sites is 2. The van der Waals surface area contributed by atoms with E-state index in [1.54, 1.807) is 13.8 Å². The number of aryl methyl sites for hydroxylation is 2. The van der Waals surface area contributed by atoms with Gasteiger partial charge in [-0.1, -0.05) is 107 Å². The molecule has 0 radical (unpaired) electrons. The summed E-state index contributed by atoms with van der Waals surface area (Å²) in [6.45, 7) is 3.58. The second-order valence-electron chi connectivity index (χ2n) is 10.3. The standard InChI is InChI=1S/C36H32N6O4.CH4O.Zn/c1-25-31(35(43)41(37-25)29-19-11-5-12-20-29)33(27-15-7-3-8-16-27)39-45-23-24-46-40-34(28-17-9-4-10-18-28)32-26(2)38-42(36(32)44)30-21-13-6-14-22-30;1-2;/h3-22,43-44H,23-24H2,1-2H3;2H,1H3;/q;;+2/p-2/b39-33+,40-34+;;. The van der Waals surface area contributed by atoms with E-state index in [1.165, 1.54) is 9.36 Å². The first kappa shape index (κ1) is 36.3. The van der Waals surface area contributed by atoms with Crippen molar-refractivity contribution in [2.45, 2.75) is 13.8 Å². The summed E-state index contributed by atoms with van der Waals surface area (Å²) in [6, 6.07) is 37.1. The van der Waals surface area contributed by atoms with Gasteiger partial charge < -0.3 is 25.0 Å². The quantitative estimate of drug-likeness (QED) is 0.0892. The van der Waals surface area contributed by atoms with Crippen molar-refractivity contribution in [2.24, 2.45) is 10.3 Å². The van der Waals surface area contributed by atoms with Gasteiger partial charge in [-0.25, -0.2) is 9.36 Å². The molecule has 0 unspecified atom stereocenters. The molecule has 6 rings (SSSR count). The van der Waals surface area contributed by atoms with E-state index >= 15 is 0 Å². The molecule has 0 saturated heterocycles. The maximum absolute atomic E-state index is 13.5. The van der Waals surface area contributed by atoms with Crippen LogP contribution in [0.5, 0.6) is 11.8 Å². The number of hydrogen-bond donors (Lipinski definition) is 1. The molecule has 0 saturated carbocycles. The Bertz CT molecular complexity index is 1830. The monoisotopic (exact) mass is 706 g/mol. The molecule has 0 aliphatic heterocycles. The Kier molecular flexibility index (Phi) is 13.0. The number of aliphatic hydroxyl groups is 1. The fourth-order valence-corrected chi connectivity index (χ4v) is 5.02. The van der Waals surface area contributed by atoms with Gasteiger partial charge in [-0.3, -0.25) is 0 Å². The van der Waals surface area contributed by atoms with Crippen LogP contribution >= 0.6 is 0 Å². The average Bonchev–Trinajstić information content (AvgIpc) is 3.61. The van der Waals surface area contributed by atoms with Gasteiger partial charge in [-0.05, 0) is 38.1 Å². The summed E-state index contributed by atoms with van der Waals surface area (Å²) >= 11 is 0. The van der Waals surface area contributed by atoms with Crippen LogP contribution in [0.25, 0.3) is 11.4 Å². The third-order valence-corrected chi connectivity index (χ3v) is 7.18. The Hall–Kier alpha value is -5.58. The van der Waals surface area contributed by atoms with E-state index in [2.05, 4.69) is 20.5 Å². The van der Waals surface area contributed by atoms with Crippen molar-refractivity contribution in [3.05, 3.63) is 155 Å². The summed E-state index contributed by atoms with van der Waals surface area (Å²) < 4.78 is 2.72. The van der Waals surface area contributed by atoms with Crippen molar-refractivity contribution in [1.82, 2.24) is 19.6 Å². The SMILES string of the molecule is CO.Cc1nn(-c2ccccc2)c([O-])c1/C(=N/OCCO/N=C(\c1ccccc1)c1c(C)nn(-c2ccccc2)c1[O-])c1ccccc1.[Zn+2]. The molecular weight excluding hydrogens is 674 g/mol. The number of aliphatic hydroxyl groups excluding tert-OH is 1. The molecule has 0 bridgehead atoms. The molecule has 0 amide bonds. The van der Waals surface area contributed by atoms with Gasteiger partial charge in [0, 0.05) is 41.1 Å². The van der Waals surface area contributed by atoms with E-state index in [4.69, 9.17) is 14.8 Å². The van der Waals surface area contributed by atoms with Crippen molar-refractivity contribution in [3.63, 3.8) is 0 Å². The van der Waals surface area contributed by atoms with Crippen molar-refractivity contribution in [1.29, 1.82) is 0 Å². The van der Waals surface area contributed by atoms with E-state index in [1.807, 2.05) is 121 Å². The van der Waals surface area contributed by atoms with Crippen LogP contribution in [-0.2, 0) is 29.2 Å². The van der Waals surface area contributed by atoms with Gasteiger partial charge in [-0.15, -0.1) is 0 Å². The smallest absolute Gasteiger partial charge is 0.858 e. The zero-order chi connectivity index (χ0) is 33.9. The zero-order valence-corrected chi connectivity index (χ0v) is 30.4. The molecule has 0 aliphatic rings. The van der Waals surface area contributed by atoms with Crippen LogP contribution in [-0.4, -0.2) is 56.4 Å². The molecule has 2 aromatic heterocycles. The van der Waals surface area contributed by atoms with Gasteiger partial charge >= 0.3 is 19.5 Å². The van der Waals surface area contributed by atoms with Gasteiger partial charge in [0.2, 0.25) is 0 Å². The Morgan fingerprint density at radius 3 is 1.20 bits per heavy atom. The van der Waals surface area contributed by atoms with Gasteiger partial charge in [-0.2, -0.15) is 10.2 Å². The third kappa shape index (κ3) is 8.29. The summed E-state index contributed by atoms with van der Waals surface area (Å²) in [6.07, 6.45) is 0. The molecular formula is C37H34N6O5Zn. The van der Waals surface area contributed by atoms with Crippen LogP contribution in [0.3, 0.4) is 0 Å². The van der Waals surface area contributed by atoms with E-state index in [9.17, 15) is 10.2 Å². The first-order valence-corrected chi connectivity index (χ1v) is 15.1. The molecule has 2 heterocycles. The number of hydrogen-bond acceptors (Lipinski definition) is 9. The van der Waals surface area contributed by atoms with E-state index in [0.29, 0.717) is 56.4 Å². The van der Waals surface area contributed by atoms with Crippen molar-refractivity contribution in [3.8, 4) is 23.1 Å². The minimum absolute atomic E-state index is 0. The van der Waals surface area contributed by atoms with Gasteiger partial charge in [0.1, 0.15) is 11.4 Å². The van der Waals surface area contributed by atoms with Crippen LogP contribution in [0, 0.1) is 13.8 Å². The molecule has 6 aromatic rings. The maximum atomic E-state index is 13.5. The van der Waals surface area contributed by atoms with Crippen molar-refractivity contribution in [2.75, 3.05) is 20.3 Å². The minimum Gasteiger partial charge on any atom is -0.858 e. The normalized spacial score (nSPS) is 11.3. The predicted octanol–water partition coefficient (Wildman–Crippen LogP) is 4.67. The van der Waals surface area contributed by atoms with Crippen LogP contribution in [0.15, 0.2) is 132 Å². The number of oxime groups is 2. The zero-order valence-electron chi connectivity index (χ0n) is 27.4. The molecule has 0 atom stereocenters. The molecule has 0 spiro atoms. The summed E-state index contributed by atoms with van der Waals surface area (Å²) in [5, 5.41) is 51.7. The van der Waals surface area contributed by atoms with E-state index < -0.39 is 0 Å². The summed E-state index contributed by atoms with van der Waals surface area (Å²) in [5.41, 5.74) is 5.16. The molecule has 49 heavy (non-hydrogen) atoms. The Morgan fingerprint density at radius 1 is 0.571 bits per heavy atom. The second kappa shape index (κ2) is 17.5. The fraction of sp³-hybridized carbons (Fsp3) is 0.135. The third-order valence-electron chi connectivity index (χ3n) is 7.18. The number of benzene rings is 4. The Morgan fingerprint density at radius 2 is 0.878 bits per heavy atom. The Balaban J connectivity index is 0.00000177. The average molecular weight is 708 g/mol. The van der Waals surface area contributed by atoms with Gasteiger partial charge in [0.15, 0.2) is 13.2 Å². The van der Waals surface area contributed by atoms with Crippen molar-refractivity contribution < 1.29 is 44.5 Å². The first-order chi connectivity index (χ1) is 23.5. The molecule has 0 fully saturated rings. The van der Waals surface area contributed by atoms with Crippen molar-refractivity contribution >= 4 is 11.4 Å². The minimum atomic E-state index is -0.303. The maximum Gasteiger partial charge on any atom is 2.00 e. The topological polar surface area (TPSA) is 145 Å². The van der Waals surface area contributed by atoms with Crippen LogP contribution in [0.4, 0.5) is 0 Å². The molecule has 244 valence electrons. The number of rotatable bonds is 11. The number of nitrogens with zero attached hydrogens (tertiary/aromatic N) is 6. The molecule has 12 heteroatoms. The van der Waals surface area contributed by atoms with Crippen LogP contribution in [0.1, 0.15) is 33.6 Å². The largest absolute Gasteiger partial charge is 2.00 e. The molecule has 4 aromatic carbocycles. The summed E-state index contributed by atoms with van der Waals surface area (Å²) in [5.74, 6) is -0.605. The predicted molar refractivity (Wildman–Crippen MR) is 180 cm³/mol. The number of aromatic nitrogens is 4. The second-order valence-corrected chi connectivity index (χ2v) is 10.3. The summed E-state index contributed by atoms with van der Waals surface area (Å²) in [4.78, 5) is 11.3. The van der Waals surface area contributed by atoms with Crippen LogP contribution < -0.4 is 10.2 Å². The Labute approximate surface area is 297 Å². The van der Waals surface area contributed by atoms with E-state index in [-0.39, 0.29) is 44.5 Å². The fourth-order valence-electron chi connectivity index (χ4n) is 5.02. The summed E-state index contributed by atoms with van der Waals surface area (Å²) in [7, 11) is 1.00. The molecule has 11 nitrogen and oxygen atoms in total. The van der Waals surface area contributed by atoms with Gasteiger partial charge in [0.05, 0.1) is 22.8 Å². The van der Waals surface area contributed by atoms with Gasteiger partial charge in [0.25, 0.3) is 0 Å². The molecule has 1 N–H and O–H groups in total.